The molecule has 2 rings (SSSR count). The molecule has 0 saturated carbocycles. The van der Waals surface area contributed by atoms with Gasteiger partial charge >= 0.3 is 0 Å². The molecule has 3 nitrogen and oxygen atoms in total. The first kappa shape index (κ1) is 14.1. The van der Waals surface area contributed by atoms with Gasteiger partial charge in [0.05, 0.1) is 9.35 Å². The second kappa shape index (κ2) is 5.75. The van der Waals surface area contributed by atoms with Crippen molar-refractivity contribution in [1.29, 1.82) is 0 Å². The van der Waals surface area contributed by atoms with E-state index in [9.17, 15) is 13.6 Å². The minimum atomic E-state index is -1.27. The van der Waals surface area contributed by atoms with Gasteiger partial charge in [0.25, 0.3) is 5.91 Å². The Balaban J connectivity index is 2.17. The van der Waals surface area contributed by atoms with Gasteiger partial charge in [-0.05, 0) is 39.0 Å². The van der Waals surface area contributed by atoms with E-state index in [4.69, 9.17) is 0 Å². The van der Waals surface area contributed by atoms with Gasteiger partial charge in [-0.1, -0.05) is 0 Å². The first-order valence-corrected chi connectivity index (χ1v) is 6.94. The molecule has 2 aromatic rings. The van der Waals surface area contributed by atoms with Gasteiger partial charge in [0, 0.05) is 19.8 Å². The number of carbonyl (C=O) groups is 1. The van der Waals surface area contributed by atoms with Crippen LogP contribution in [0.3, 0.4) is 0 Å². The molecule has 0 spiro atoms. The molecule has 0 atom stereocenters. The predicted molar refractivity (Wildman–Crippen MR) is 72.0 cm³/mol. The Morgan fingerprint density at radius 1 is 1.53 bits per heavy atom. The molecule has 1 amide bonds. The van der Waals surface area contributed by atoms with Crippen molar-refractivity contribution in [3.05, 3.63) is 50.4 Å². The molecule has 0 saturated heterocycles. The zero-order chi connectivity index (χ0) is 14.0. The SMILES string of the molecule is CN(Cc1csc(Br)c1)C(=O)c1ccnc(F)c1F. The van der Waals surface area contributed by atoms with Gasteiger partial charge in [-0.25, -0.2) is 9.37 Å². The van der Waals surface area contributed by atoms with Crippen molar-refractivity contribution in [3.8, 4) is 0 Å². The number of aromatic nitrogens is 1. The lowest BCUT2D eigenvalue weighted by Gasteiger charge is -2.16. The third kappa shape index (κ3) is 3.16. The van der Waals surface area contributed by atoms with E-state index < -0.39 is 17.7 Å². The first-order chi connectivity index (χ1) is 8.99. The highest BCUT2D eigenvalue weighted by Crippen LogP contribution is 2.22. The molecule has 0 aliphatic heterocycles. The van der Waals surface area contributed by atoms with Crippen LogP contribution in [0.25, 0.3) is 0 Å². The van der Waals surface area contributed by atoms with E-state index in [2.05, 4.69) is 20.9 Å². The number of hydrogen-bond acceptors (Lipinski definition) is 3. The van der Waals surface area contributed by atoms with E-state index in [0.29, 0.717) is 6.54 Å². The van der Waals surface area contributed by atoms with Crippen LogP contribution >= 0.6 is 27.3 Å². The molecule has 100 valence electrons. The predicted octanol–water partition coefficient (Wildman–Crippen LogP) is 3.46. The molecule has 19 heavy (non-hydrogen) atoms. The summed E-state index contributed by atoms with van der Waals surface area (Å²) in [6.45, 7) is 0.324. The third-order valence-corrected chi connectivity index (χ3v) is 4.02. The lowest BCUT2D eigenvalue weighted by molar-refractivity contribution is 0.0779. The Bertz CT molecular complexity index is 618. The lowest BCUT2D eigenvalue weighted by atomic mass is 10.2. The topological polar surface area (TPSA) is 33.2 Å². The number of halogens is 3. The molecule has 0 aliphatic carbocycles. The van der Waals surface area contributed by atoms with Crippen molar-refractivity contribution in [2.45, 2.75) is 6.54 Å². The summed E-state index contributed by atoms with van der Waals surface area (Å²) in [6, 6.07) is 3.04. The van der Waals surface area contributed by atoms with Gasteiger partial charge in [-0.15, -0.1) is 11.3 Å². The van der Waals surface area contributed by atoms with Gasteiger partial charge in [0.1, 0.15) is 0 Å². The van der Waals surface area contributed by atoms with E-state index in [1.165, 1.54) is 29.4 Å². The molecule has 2 aromatic heterocycles. The van der Waals surface area contributed by atoms with Crippen LogP contribution in [-0.2, 0) is 6.54 Å². The molecule has 0 radical (unpaired) electrons. The maximum absolute atomic E-state index is 13.5. The minimum Gasteiger partial charge on any atom is -0.337 e. The van der Waals surface area contributed by atoms with Crippen LogP contribution in [0.2, 0.25) is 0 Å². The summed E-state index contributed by atoms with van der Waals surface area (Å²) in [5, 5.41) is 1.89. The maximum Gasteiger partial charge on any atom is 0.257 e. The van der Waals surface area contributed by atoms with E-state index in [1.807, 2.05) is 11.4 Å². The highest BCUT2D eigenvalue weighted by atomic mass is 79.9. The molecule has 0 N–H and O–H groups in total. The normalized spacial score (nSPS) is 10.5. The molecule has 0 fully saturated rings. The van der Waals surface area contributed by atoms with Crippen molar-refractivity contribution in [2.75, 3.05) is 7.05 Å². The summed E-state index contributed by atoms with van der Waals surface area (Å²) >= 11 is 4.82. The molecule has 7 heteroatoms. The van der Waals surface area contributed by atoms with Crippen molar-refractivity contribution >= 4 is 33.2 Å². The zero-order valence-corrected chi connectivity index (χ0v) is 12.3. The number of rotatable bonds is 3. The summed E-state index contributed by atoms with van der Waals surface area (Å²) in [5.41, 5.74) is 0.604. The number of thiophene rings is 1. The third-order valence-electron chi connectivity index (χ3n) is 2.47. The summed E-state index contributed by atoms with van der Waals surface area (Å²) in [5.74, 6) is -3.07. The Morgan fingerprint density at radius 2 is 2.26 bits per heavy atom. The number of pyridine rings is 1. The number of hydrogen-bond donors (Lipinski definition) is 0. The van der Waals surface area contributed by atoms with Crippen molar-refractivity contribution in [1.82, 2.24) is 9.88 Å². The van der Waals surface area contributed by atoms with E-state index in [1.54, 1.807) is 0 Å². The minimum absolute atomic E-state index is 0.315. The van der Waals surface area contributed by atoms with E-state index in [0.717, 1.165) is 15.5 Å². The van der Waals surface area contributed by atoms with Crippen LogP contribution in [0, 0.1) is 11.8 Å². The fraction of sp³-hybridized carbons (Fsp3) is 0.167. The van der Waals surface area contributed by atoms with Crippen LogP contribution in [0.4, 0.5) is 8.78 Å². The van der Waals surface area contributed by atoms with E-state index in [-0.39, 0.29) is 5.56 Å². The molecular formula is C12H9BrF2N2OS. The van der Waals surface area contributed by atoms with Crippen molar-refractivity contribution < 1.29 is 13.6 Å². The molecule has 0 aliphatic rings. The molecular weight excluding hydrogens is 338 g/mol. The summed E-state index contributed by atoms with van der Waals surface area (Å²) in [7, 11) is 1.53. The molecule has 0 unspecified atom stereocenters. The Labute approximate surface area is 121 Å². The fourth-order valence-corrected chi connectivity index (χ4v) is 2.76. The van der Waals surface area contributed by atoms with Crippen LogP contribution in [-0.4, -0.2) is 22.8 Å². The highest BCUT2D eigenvalue weighted by molar-refractivity contribution is 9.11. The van der Waals surface area contributed by atoms with Gasteiger partial charge in [-0.3, -0.25) is 4.79 Å². The standard InChI is InChI=1S/C12H9BrF2N2OS/c1-17(5-7-4-9(13)19-6-7)12(18)8-2-3-16-11(15)10(8)14/h2-4,6H,5H2,1H3. The summed E-state index contributed by atoms with van der Waals surface area (Å²) in [6.07, 6.45) is 1.07. The highest BCUT2D eigenvalue weighted by Gasteiger charge is 2.19. The smallest absolute Gasteiger partial charge is 0.257 e. The van der Waals surface area contributed by atoms with Crippen molar-refractivity contribution in [3.63, 3.8) is 0 Å². The molecule has 0 bridgehead atoms. The number of amides is 1. The second-order valence-electron chi connectivity index (χ2n) is 3.88. The quantitative estimate of drug-likeness (QED) is 0.797. The zero-order valence-electron chi connectivity index (χ0n) is 9.86. The summed E-state index contributed by atoms with van der Waals surface area (Å²) in [4.78, 5) is 16.5. The van der Waals surface area contributed by atoms with Gasteiger partial charge in [-0.2, -0.15) is 4.39 Å². The molecule has 0 aromatic carbocycles. The van der Waals surface area contributed by atoms with Gasteiger partial charge in [0.15, 0.2) is 5.82 Å². The second-order valence-corrected chi connectivity index (χ2v) is 6.17. The van der Waals surface area contributed by atoms with Crippen molar-refractivity contribution in [2.24, 2.45) is 0 Å². The largest absolute Gasteiger partial charge is 0.337 e. The fourth-order valence-electron chi connectivity index (χ4n) is 1.56. The number of carbonyl (C=O) groups excluding carboxylic acids is 1. The van der Waals surface area contributed by atoms with E-state index >= 15 is 0 Å². The summed E-state index contributed by atoms with van der Waals surface area (Å²) < 4.78 is 27.4. The monoisotopic (exact) mass is 346 g/mol. The van der Waals surface area contributed by atoms with Crippen LogP contribution in [0.15, 0.2) is 27.5 Å². The first-order valence-electron chi connectivity index (χ1n) is 5.27. The lowest BCUT2D eigenvalue weighted by Crippen LogP contribution is -2.27. The Morgan fingerprint density at radius 3 is 2.89 bits per heavy atom. The van der Waals surface area contributed by atoms with Crippen LogP contribution in [0.5, 0.6) is 0 Å². The van der Waals surface area contributed by atoms with Crippen LogP contribution < -0.4 is 0 Å². The van der Waals surface area contributed by atoms with Gasteiger partial charge < -0.3 is 4.90 Å². The number of nitrogens with zero attached hydrogens (tertiary/aromatic N) is 2. The van der Waals surface area contributed by atoms with Gasteiger partial charge in [0.2, 0.25) is 5.95 Å². The Kier molecular flexibility index (Phi) is 4.26. The average Bonchev–Trinajstić information content (AvgIpc) is 2.77. The Hall–Kier alpha value is -1.34. The maximum atomic E-state index is 13.5. The molecule has 2 heterocycles. The van der Waals surface area contributed by atoms with Crippen LogP contribution in [0.1, 0.15) is 15.9 Å². The average molecular weight is 347 g/mol.